The molecule has 12 heteroatoms. The summed E-state index contributed by atoms with van der Waals surface area (Å²) in [5.74, 6) is 0. The van der Waals surface area contributed by atoms with Crippen molar-refractivity contribution in [3.8, 4) is 0 Å². The second kappa shape index (κ2) is 14.3. The van der Waals surface area contributed by atoms with Gasteiger partial charge in [-0.3, -0.25) is 0 Å². The molecule has 10 nitrogen and oxygen atoms in total. The van der Waals surface area contributed by atoms with Crippen molar-refractivity contribution in [3.05, 3.63) is 34.4 Å². The number of benzene rings is 1. The summed E-state index contributed by atoms with van der Waals surface area (Å²) in [6, 6.07) is 6.30. The Labute approximate surface area is 189 Å². The summed E-state index contributed by atoms with van der Waals surface area (Å²) in [5, 5.41) is 20.9. The first-order chi connectivity index (χ1) is 14.6. The average Bonchev–Trinajstić information content (AvgIpc) is 2.65. The van der Waals surface area contributed by atoms with Crippen molar-refractivity contribution in [2.75, 3.05) is 26.9 Å². The van der Waals surface area contributed by atoms with E-state index < -0.39 is 38.6 Å². The summed E-state index contributed by atoms with van der Waals surface area (Å²) >= 11 is -0.598. The molecule has 1 N–H and O–H groups in total. The minimum absolute atomic E-state index is 0.0217. The van der Waals surface area contributed by atoms with Crippen molar-refractivity contribution in [1.82, 2.24) is 0 Å². The van der Waals surface area contributed by atoms with Crippen LogP contribution >= 0.6 is 7.60 Å². The van der Waals surface area contributed by atoms with Gasteiger partial charge in [0.1, 0.15) is 0 Å². The predicted octanol–water partition coefficient (Wildman–Crippen LogP) is 2.64. The Bertz CT molecular complexity index is 705. The Balaban J connectivity index is 2.83. The number of para-hydroxylation sites is 1. The Morgan fingerprint density at radius 2 is 1.77 bits per heavy atom. The van der Waals surface area contributed by atoms with E-state index >= 15 is 0 Å². The van der Waals surface area contributed by atoms with Crippen molar-refractivity contribution >= 4 is 32.7 Å². The fourth-order valence-electron chi connectivity index (χ4n) is 2.50. The van der Waals surface area contributed by atoms with Gasteiger partial charge in [0.25, 0.3) is 0 Å². The van der Waals surface area contributed by atoms with Crippen molar-refractivity contribution in [3.63, 3.8) is 0 Å². The summed E-state index contributed by atoms with van der Waals surface area (Å²) < 4.78 is 40.4. The van der Waals surface area contributed by atoms with E-state index in [0.717, 1.165) is 0 Å². The van der Waals surface area contributed by atoms with Gasteiger partial charge in [-0.15, -0.1) is 0 Å². The SMILES string of the molecule is COCOCC(C[C@@H](O)[Se]c1ccccc1[N+](=O)[O-])OCP(=O)(OC(C)C)OC(C)C. The zero-order valence-corrected chi connectivity index (χ0v) is 21.1. The Hall–Kier alpha value is -0.871. The van der Waals surface area contributed by atoms with Crippen molar-refractivity contribution in [2.24, 2.45) is 0 Å². The van der Waals surface area contributed by atoms with Gasteiger partial charge in [0.05, 0.1) is 0 Å². The topological polar surface area (TPSA) is 127 Å². The van der Waals surface area contributed by atoms with Crippen LogP contribution < -0.4 is 4.46 Å². The number of ether oxygens (including phenoxy) is 3. The van der Waals surface area contributed by atoms with Gasteiger partial charge < -0.3 is 0 Å². The molecule has 0 bridgehead atoms. The number of methoxy groups -OCH3 is 1. The van der Waals surface area contributed by atoms with E-state index in [2.05, 4.69) is 0 Å². The van der Waals surface area contributed by atoms with Crippen LogP contribution in [0.15, 0.2) is 24.3 Å². The van der Waals surface area contributed by atoms with Gasteiger partial charge in [-0.05, 0) is 0 Å². The summed E-state index contributed by atoms with van der Waals surface area (Å²) in [6.07, 6.45) is -1.49. The molecule has 0 amide bonds. The molecule has 0 fully saturated rings. The van der Waals surface area contributed by atoms with Crippen LogP contribution in [0, 0.1) is 10.1 Å². The summed E-state index contributed by atoms with van der Waals surface area (Å²) in [6.45, 7) is 7.07. The molecule has 31 heavy (non-hydrogen) atoms. The number of aliphatic hydroxyl groups excluding tert-OH is 1. The molecule has 1 unspecified atom stereocenters. The van der Waals surface area contributed by atoms with Crippen LogP contribution in [0.2, 0.25) is 0 Å². The average molecular weight is 528 g/mol. The molecule has 0 spiro atoms. The standard InChI is InChI=1S/C19H32NO9PSe/c1-14(2)28-30(24,29-15(3)4)13-27-16(11-26-12-25-5)10-19(21)31-18-9-7-6-8-17(18)20(22)23/h6-9,14-16,19,21H,10-13H2,1-5H3/t16?,19-/m0/s1. The molecule has 0 aliphatic heterocycles. The molecular weight excluding hydrogens is 496 g/mol. The van der Waals surface area contributed by atoms with Gasteiger partial charge in [-0.1, -0.05) is 0 Å². The summed E-state index contributed by atoms with van der Waals surface area (Å²) in [5.41, 5.74) is -0.0326. The minimum atomic E-state index is -3.53. The molecule has 2 atom stereocenters. The number of hydrogen-bond donors (Lipinski definition) is 1. The first-order valence-corrected chi connectivity index (χ1v) is 13.4. The fraction of sp³-hybridized carbons (Fsp3) is 0.684. The number of nitrogens with zero attached hydrogens (tertiary/aromatic N) is 1. The monoisotopic (exact) mass is 529 g/mol. The molecule has 178 valence electrons. The van der Waals surface area contributed by atoms with E-state index in [1.54, 1.807) is 45.9 Å². The van der Waals surface area contributed by atoms with Crippen LogP contribution in [0.5, 0.6) is 0 Å². The molecule has 1 aromatic carbocycles. The van der Waals surface area contributed by atoms with Crippen LogP contribution in [-0.4, -0.2) is 75.2 Å². The van der Waals surface area contributed by atoms with E-state index in [4.69, 9.17) is 23.3 Å². The molecule has 0 saturated carbocycles. The molecule has 0 radical (unpaired) electrons. The fourth-order valence-corrected chi connectivity index (χ4v) is 6.50. The number of nitro groups is 1. The van der Waals surface area contributed by atoms with Gasteiger partial charge >= 0.3 is 189 Å². The van der Waals surface area contributed by atoms with Crippen LogP contribution in [0.25, 0.3) is 0 Å². The van der Waals surface area contributed by atoms with E-state index in [9.17, 15) is 19.8 Å². The van der Waals surface area contributed by atoms with E-state index in [1.165, 1.54) is 13.2 Å². The third kappa shape index (κ3) is 11.5. The van der Waals surface area contributed by atoms with Crippen molar-refractivity contribution in [1.29, 1.82) is 0 Å². The third-order valence-electron chi connectivity index (χ3n) is 3.51. The molecule has 0 heterocycles. The quantitative estimate of drug-likeness (QED) is 0.0861. The van der Waals surface area contributed by atoms with Gasteiger partial charge in [0, 0.05) is 0 Å². The molecule has 0 aliphatic rings. The first-order valence-electron chi connectivity index (χ1n) is 9.78. The number of hydrogen-bond acceptors (Lipinski definition) is 9. The number of rotatable bonds is 16. The number of aliphatic hydroxyl groups is 1. The summed E-state index contributed by atoms with van der Waals surface area (Å²) in [4.78, 5) is 10.7. The molecule has 1 rings (SSSR count). The van der Waals surface area contributed by atoms with Crippen LogP contribution in [0.1, 0.15) is 34.1 Å². The molecule has 0 saturated heterocycles. The first kappa shape index (κ1) is 28.2. The predicted molar refractivity (Wildman–Crippen MR) is 117 cm³/mol. The van der Waals surface area contributed by atoms with E-state index in [0.29, 0.717) is 4.46 Å². The van der Waals surface area contributed by atoms with Gasteiger partial charge in [0.15, 0.2) is 0 Å². The zero-order chi connectivity index (χ0) is 23.4. The van der Waals surface area contributed by atoms with Crippen LogP contribution in [0.3, 0.4) is 0 Å². The second-order valence-corrected chi connectivity index (χ2v) is 11.6. The van der Waals surface area contributed by atoms with Crippen LogP contribution in [0.4, 0.5) is 5.69 Å². The van der Waals surface area contributed by atoms with E-state index in [1.807, 2.05) is 0 Å². The Kier molecular flexibility index (Phi) is 13.0. The number of nitro benzene ring substituents is 1. The molecule has 0 aromatic heterocycles. The zero-order valence-electron chi connectivity index (χ0n) is 18.5. The summed E-state index contributed by atoms with van der Waals surface area (Å²) in [7, 11) is -2.05. The third-order valence-corrected chi connectivity index (χ3v) is 7.69. The van der Waals surface area contributed by atoms with Crippen LogP contribution in [-0.2, 0) is 27.8 Å². The Morgan fingerprint density at radius 3 is 2.32 bits per heavy atom. The van der Waals surface area contributed by atoms with Gasteiger partial charge in [0.2, 0.25) is 0 Å². The molecule has 1 aromatic rings. The molecular formula is C19H32NO9PSe. The maximum atomic E-state index is 13.0. The van der Waals surface area contributed by atoms with Gasteiger partial charge in [-0.25, -0.2) is 0 Å². The second-order valence-electron chi connectivity index (χ2n) is 7.15. The Morgan fingerprint density at radius 1 is 1.16 bits per heavy atom. The molecule has 0 aliphatic carbocycles. The normalized spacial score (nSPS) is 14.2. The maximum absolute atomic E-state index is 13.0. The van der Waals surface area contributed by atoms with E-state index in [-0.39, 0.29) is 44.1 Å². The van der Waals surface area contributed by atoms with Crippen molar-refractivity contribution in [2.45, 2.75) is 57.4 Å². The van der Waals surface area contributed by atoms with Gasteiger partial charge in [-0.2, -0.15) is 0 Å². The van der Waals surface area contributed by atoms with Crippen molar-refractivity contribution < 1.29 is 37.9 Å².